The van der Waals surface area contributed by atoms with E-state index in [0.29, 0.717) is 40.6 Å². The van der Waals surface area contributed by atoms with Crippen LogP contribution in [0, 0.1) is 12.8 Å². The van der Waals surface area contributed by atoms with Gasteiger partial charge in [0.25, 0.3) is 11.8 Å². The molecular formula is C27H18Br4N2O6. The first-order valence-electron chi connectivity index (χ1n) is 11.5. The standard InChI is InChI=1S/C27H18Br4N2O6/c1-12-9-16(39-27(37)13-10-18(34)32(11-13)14-3-5-15(38-2)6-4-14)7-8-17(12)33-25(35)19-20(26(33)36)22(29)24(31)23(30)21(19)28/h3-9,13H,10-11H2,1-2H3/t13-/m1/s1. The van der Waals surface area contributed by atoms with Gasteiger partial charge >= 0.3 is 5.97 Å². The number of carbonyl (C=O) groups is 4. The SMILES string of the molecule is COc1ccc(N2C[C@H](C(=O)Oc3ccc(N4C(=O)c5c(Br)c(Br)c(Br)c(Br)c5C4=O)c(C)c3)CC2=O)cc1. The summed E-state index contributed by atoms with van der Waals surface area (Å²) < 4.78 is 12.9. The van der Waals surface area contributed by atoms with E-state index in [0.717, 1.165) is 4.90 Å². The number of ether oxygens (including phenoxy) is 2. The van der Waals surface area contributed by atoms with Crippen molar-refractivity contribution in [3.63, 3.8) is 0 Å². The van der Waals surface area contributed by atoms with Crippen LogP contribution in [0.3, 0.4) is 0 Å². The molecule has 5 rings (SSSR count). The highest BCUT2D eigenvalue weighted by Crippen LogP contribution is 2.46. The van der Waals surface area contributed by atoms with Crippen molar-refractivity contribution in [2.75, 3.05) is 23.5 Å². The number of hydrogen-bond acceptors (Lipinski definition) is 6. The Morgan fingerprint density at radius 3 is 1.95 bits per heavy atom. The average molecular weight is 786 g/mol. The minimum absolute atomic E-state index is 0.0336. The summed E-state index contributed by atoms with van der Waals surface area (Å²) in [6.45, 7) is 1.92. The largest absolute Gasteiger partial charge is 0.497 e. The van der Waals surface area contributed by atoms with E-state index in [2.05, 4.69) is 63.7 Å². The van der Waals surface area contributed by atoms with Crippen LogP contribution < -0.4 is 19.3 Å². The molecule has 12 heteroatoms. The van der Waals surface area contributed by atoms with E-state index >= 15 is 0 Å². The predicted molar refractivity (Wildman–Crippen MR) is 159 cm³/mol. The Bertz CT molecular complexity index is 1530. The first-order valence-corrected chi connectivity index (χ1v) is 14.7. The van der Waals surface area contributed by atoms with Crippen LogP contribution in [0.4, 0.5) is 11.4 Å². The van der Waals surface area contributed by atoms with E-state index in [1.807, 2.05) is 0 Å². The van der Waals surface area contributed by atoms with E-state index in [1.54, 1.807) is 55.3 Å². The normalized spacial score (nSPS) is 16.7. The Hall–Kier alpha value is -2.54. The molecule has 3 aromatic rings. The summed E-state index contributed by atoms with van der Waals surface area (Å²) in [6.07, 6.45) is 0.0336. The second-order valence-corrected chi connectivity index (χ2v) is 12.1. The minimum Gasteiger partial charge on any atom is -0.497 e. The van der Waals surface area contributed by atoms with E-state index < -0.39 is 23.7 Å². The summed E-state index contributed by atoms with van der Waals surface area (Å²) >= 11 is 13.7. The van der Waals surface area contributed by atoms with Gasteiger partial charge in [-0.3, -0.25) is 19.2 Å². The van der Waals surface area contributed by atoms with Gasteiger partial charge in [0.05, 0.1) is 29.8 Å². The molecule has 3 amide bonds. The van der Waals surface area contributed by atoms with E-state index in [4.69, 9.17) is 9.47 Å². The van der Waals surface area contributed by atoms with Gasteiger partial charge in [-0.05, 0) is 119 Å². The van der Waals surface area contributed by atoms with Gasteiger partial charge in [0.15, 0.2) is 0 Å². The average Bonchev–Trinajstić information content (AvgIpc) is 3.43. The van der Waals surface area contributed by atoms with Crippen LogP contribution in [0.1, 0.15) is 32.7 Å². The number of carbonyl (C=O) groups excluding carboxylic acids is 4. The van der Waals surface area contributed by atoms with E-state index in [-0.39, 0.29) is 35.7 Å². The summed E-state index contributed by atoms with van der Waals surface area (Å²) in [5.41, 5.74) is 2.08. The summed E-state index contributed by atoms with van der Waals surface area (Å²) in [5, 5.41) is 0. The van der Waals surface area contributed by atoms with Crippen molar-refractivity contribution in [3.8, 4) is 11.5 Å². The fraction of sp³-hybridized carbons (Fsp3) is 0.185. The van der Waals surface area contributed by atoms with Gasteiger partial charge in [-0.2, -0.15) is 0 Å². The second kappa shape index (κ2) is 10.8. The summed E-state index contributed by atoms with van der Waals surface area (Å²) in [4.78, 5) is 54.8. The van der Waals surface area contributed by atoms with Gasteiger partial charge in [-0.15, -0.1) is 0 Å². The third-order valence-electron chi connectivity index (χ3n) is 6.57. The molecule has 39 heavy (non-hydrogen) atoms. The number of rotatable bonds is 5. The van der Waals surface area contributed by atoms with Gasteiger partial charge in [0.2, 0.25) is 5.91 Å². The van der Waals surface area contributed by atoms with E-state index in [9.17, 15) is 19.2 Å². The molecule has 0 spiro atoms. The lowest BCUT2D eigenvalue weighted by Crippen LogP contribution is -2.30. The molecule has 2 aliphatic rings. The van der Waals surface area contributed by atoms with Gasteiger partial charge in [-0.1, -0.05) is 0 Å². The zero-order valence-electron chi connectivity index (χ0n) is 20.4. The molecule has 2 aliphatic heterocycles. The lowest BCUT2D eigenvalue weighted by atomic mass is 10.1. The quantitative estimate of drug-likeness (QED) is 0.0929. The number of esters is 1. The number of nitrogens with zero attached hydrogens (tertiary/aromatic N) is 2. The number of anilines is 2. The molecule has 1 fully saturated rings. The molecule has 0 N–H and O–H groups in total. The molecule has 1 atom stereocenters. The third-order valence-corrected chi connectivity index (χ3v) is 11.3. The van der Waals surface area contributed by atoms with E-state index in [1.165, 1.54) is 6.07 Å². The third kappa shape index (κ3) is 4.85. The van der Waals surface area contributed by atoms with Gasteiger partial charge in [0, 0.05) is 36.5 Å². The monoisotopic (exact) mass is 782 g/mol. The number of benzene rings is 3. The van der Waals surface area contributed by atoms with Crippen LogP contribution in [0.2, 0.25) is 0 Å². The lowest BCUT2D eigenvalue weighted by Gasteiger charge is -2.18. The lowest BCUT2D eigenvalue weighted by molar-refractivity contribution is -0.139. The van der Waals surface area contributed by atoms with Crippen molar-refractivity contribution in [3.05, 3.63) is 77.0 Å². The number of methoxy groups -OCH3 is 1. The molecule has 0 unspecified atom stereocenters. The number of halogens is 4. The second-order valence-electron chi connectivity index (χ2n) is 8.92. The Morgan fingerprint density at radius 2 is 1.41 bits per heavy atom. The molecule has 1 saturated heterocycles. The predicted octanol–water partition coefficient (Wildman–Crippen LogP) is 6.81. The Morgan fingerprint density at radius 1 is 0.846 bits per heavy atom. The van der Waals surface area contributed by atoms with Crippen molar-refractivity contribution in [1.82, 2.24) is 0 Å². The van der Waals surface area contributed by atoms with Crippen LogP contribution in [0.15, 0.2) is 60.4 Å². The maximum absolute atomic E-state index is 13.3. The fourth-order valence-electron chi connectivity index (χ4n) is 4.59. The van der Waals surface area contributed by atoms with Crippen LogP contribution in [-0.4, -0.2) is 37.3 Å². The summed E-state index contributed by atoms with van der Waals surface area (Å²) in [6, 6.07) is 11.7. The van der Waals surface area contributed by atoms with Crippen LogP contribution in [0.25, 0.3) is 0 Å². The molecule has 200 valence electrons. The van der Waals surface area contributed by atoms with Crippen molar-refractivity contribution >= 4 is 98.8 Å². The summed E-state index contributed by atoms with van der Waals surface area (Å²) in [5.74, 6) is -1.38. The number of fused-ring (bicyclic) bond motifs is 1. The zero-order chi connectivity index (χ0) is 28.2. The molecule has 3 aromatic carbocycles. The number of amides is 3. The highest BCUT2D eigenvalue weighted by Gasteiger charge is 2.42. The van der Waals surface area contributed by atoms with Crippen LogP contribution in [-0.2, 0) is 9.59 Å². The number of hydrogen-bond donors (Lipinski definition) is 0. The maximum atomic E-state index is 13.3. The van der Waals surface area contributed by atoms with Gasteiger partial charge < -0.3 is 14.4 Å². The van der Waals surface area contributed by atoms with Crippen LogP contribution >= 0.6 is 63.7 Å². The Labute approximate surface area is 257 Å². The summed E-state index contributed by atoms with van der Waals surface area (Å²) in [7, 11) is 1.56. The highest BCUT2D eigenvalue weighted by molar-refractivity contribution is 9.15. The Kier molecular flexibility index (Phi) is 7.75. The first kappa shape index (κ1) is 28.0. The number of aryl methyl sites for hydroxylation is 1. The van der Waals surface area contributed by atoms with Crippen molar-refractivity contribution < 1.29 is 28.7 Å². The fourth-order valence-corrected chi connectivity index (χ4v) is 7.04. The first-order chi connectivity index (χ1) is 18.5. The van der Waals surface area contributed by atoms with Crippen molar-refractivity contribution in [2.24, 2.45) is 5.92 Å². The van der Waals surface area contributed by atoms with Gasteiger partial charge in [0.1, 0.15) is 11.5 Å². The minimum atomic E-state index is -0.637. The molecular weight excluding hydrogens is 768 g/mol. The zero-order valence-corrected chi connectivity index (χ0v) is 26.7. The van der Waals surface area contributed by atoms with Gasteiger partial charge in [-0.25, -0.2) is 4.90 Å². The molecule has 2 heterocycles. The molecule has 8 nitrogen and oxygen atoms in total. The molecule has 0 aromatic heterocycles. The Balaban J connectivity index is 1.33. The molecule has 0 radical (unpaired) electrons. The molecule has 0 saturated carbocycles. The smallest absolute Gasteiger partial charge is 0.316 e. The van der Waals surface area contributed by atoms with Crippen molar-refractivity contribution in [2.45, 2.75) is 13.3 Å². The highest BCUT2D eigenvalue weighted by atomic mass is 79.9. The van der Waals surface area contributed by atoms with Crippen LogP contribution in [0.5, 0.6) is 11.5 Å². The molecule has 0 aliphatic carbocycles. The number of imide groups is 1. The maximum Gasteiger partial charge on any atom is 0.316 e. The van der Waals surface area contributed by atoms with Crippen molar-refractivity contribution in [1.29, 1.82) is 0 Å². The molecule has 0 bridgehead atoms. The topological polar surface area (TPSA) is 93.2 Å².